The molecule has 8 heteroatoms. The minimum absolute atomic E-state index is 0.118. The van der Waals surface area contributed by atoms with E-state index in [4.69, 9.17) is 9.94 Å². The third kappa shape index (κ3) is 5.70. The van der Waals surface area contributed by atoms with Gasteiger partial charge in [0.2, 0.25) is 12.1 Å². The Hall–Kier alpha value is -2.64. The molecule has 1 amide bonds. The number of hydrogen-bond donors (Lipinski definition) is 2. The van der Waals surface area contributed by atoms with Gasteiger partial charge in [-0.05, 0) is 44.2 Å². The molecule has 1 aromatic carbocycles. The number of anilines is 1. The van der Waals surface area contributed by atoms with Crippen molar-refractivity contribution in [2.45, 2.75) is 64.5 Å². The van der Waals surface area contributed by atoms with Gasteiger partial charge in [-0.15, -0.1) is 0 Å². The molecule has 2 N–H and O–H groups in total. The number of halogens is 1. The van der Waals surface area contributed by atoms with E-state index in [2.05, 4.69) is 17.4 Å². The highest BCUT2D eigenvalue weighted by Gasteiger charge is 2.49. The van der Waals surface area contributed by atoms with Crippen LogP contribution in [-0.4, -0.2) is 42.3 Å². The van der Waals surface area contributed by atoms with Crippen LogP contribution in [0.15, 0.2) is 29.4 Å². The number of carbonyl (C=O) groups excluding carboxylic acids is 1. The Morgan fingerprint density at radius 3 is 2.77 bits per heavy atom. The molecule has 164 valence electrons. The van der Waals surface area contributed by atoms with Crippen molar-refractivity contribution in [1.82, 2.24) is 5.32 Å². The standard InChI is InChI=1S/C22H30FN3O4/c1-22(11-12-22)21-24-20(25-30-21)16-7-5-8-17(15-16)26(18(27)9-6-13-23)14-4-2-3-10-19(28)29/h5,7-8,15,21H,2-4,6,9-14H2,1H3,(H,24,25)(H,28,29). The van der Waals surface area contributed by atoms with Crippen molar-refractivity contribution in [2.75, 3.05) is 18.1 Å². The van der Waals surface area contributed by atoms with Gasteiger partial charge in [-0.3, -0.25) is 14.0 Å². The van der Waals surface area contributed by atoms with Crippen molar-refractivity contribution in [2.24, 2.45) is 10.6 Å². The maximum atomic E-state index is 12.7. The fraction of sp³-hybridized carbons (Fsp3) is 0.591. The first-order valence-electron chi connectivity index (χ1n) is 10.6. The van der Waals surface area contributed by atoms with Gasteiger partial charge in [0.15, 0.2) is 5.84 Å². The lowest BCUT2D eigenvalue weighted by molar-refractivity contribution is -0.137. The number of amidine groups is 1. The van der Waals surface area contributed by atoms with E-state index >= 15 is 0 Å². The van der Waals surface area contributed by atoms with Crippen LogP contribution >= 0.6 is 0 Å². The number of benzene rings is 1. The summed E-state index contributed by atoms with van der Waals surface area (Å²) in [7, 11) is 0. The van der Waals surface area contributed by atoms with Gasteiger partial charge in [0, 0.05) is 36.1 Å². The number of alkyl halides is 1. The summed E-state index contributed by atoms with van der Waals surface area (Å²) in [5.41, 5.74) is 1.67. The number of hydrogen-bond acceptors (Lipinski definition) is 5. The van der Waals surface area contributed by atoms with E-state index in [0.29, 0.717) is 31.6 Å². The fourth-order valence-corrected chi connectivity index (χ4v) is 3.47. The van der Waals surface area contributed by atoms with Crippen molar-refractivity contribution in [1.29, 1.82) is 0 Å². The first-order chi connectivity index (χ1) is 14.4. The number of nitrogens with zero attached hydrogens (tertiary/aromatic N) is 2. The predicted molar refractivity (Wildman–Crippen MR) is 112 cm³/mol. The number of unbranched alkanes of at least 4 members (excludes halogenated alkanes) is 2. The molecule has 1 atom stereocenters. The predicted octanol–water partition coefficient (Wildman–Crippen LogP) is 3.82. The molecule has 0 radical (unpaired) electrons. The highest BCUT2D eigenvalue weighted by atomic mass is 19.1. The van der Waals surface area contributed by atoms with Gasteiger partial charge in [-0.25, -0.2) is 0 Å². The minimum atomic E-state index is -0.816. The summed E-state index contributed by atoms with van der Waals surface area (Å²) in [5, 5.41) is 16.3. The van der Waals surface area contributed by atoms with Crippen LogP contribution in [0.4, 0.5) is 10.1 Å². The summed E-state index contributed by atoms with van der Waals surface area (Å²) in [6, 6.07) is 7.51. The van der Waals surface area contributed by atoms with Gasteiger partial charge in [0.1, 0.15) is 0 Å². The maximum absolute atomic E-state index is 12.7. The van der Waals surface area contributed by atoms with Gasteiger partial charge in [-0.2, -0.15) is 0 Å². The molecule has 1 fully saturated rings. The second-order valence-corrected chi connectivity index (χ2v) is 8.32. The second-order valence-electron chi connectivity index (χ2n) is 8.32. The van der Waals surface area contributed by atoms with E-state index in [0.717, 1.165) is 24.1 Å². The molecule has 30 heavy (non-hydrogen) atoms. The fourth-order valence-electron chi connectivity index (χ4n) is 3.47. The lowest BCUT2D eigenvalue weighted by Crippen LogP contribution is -2.36. The van der Waals surface area contributed by atoms with E-state index in [-0.39, 0.29) is 36.8 Å². The van der Waals surface area contributed by atoms with Crippen LogP contribution in [0.5, 0.6) is 0 Å². The van der Waals surface area contributed by atoms with Crippen molar-refractivity contribution in [3.63, 3.8) is 0 Å². The summed E-state index contributed by atoms with van der Waals surface area (Å²) in [4.78, 5) is 30.6. The number of rotatable bonds is 12. The molecule has 1 aliphatic heterocycles. The topological polar surface area (TPSA) is 91.2 Å². The number of amides is 1. The zero-order chi connectivity index (χ0) is 21.6. The number of carboxylic acids is 1. The van der Waals surface area contributed by atoms with Gasteiger partial charge in [0.25, 0.3) is 0 Å². The Labute approximate surface area is 176 Å². The number of aliphatic carboxylic acids is 1. The van der Waals surface area contributed by atoms with Crippen LogP contribution < -0.4 is 10.2 Å². The van der Waals surface area contributed by atoms with Crippen LogP contribution in [0, 0.1) is 5.41 Å². The second kappa shape index (κ2) is 9.91. The van der Waals surface area contributed by atoms with E-state index in [1.807, 2.05) is 24.3 Å². The van der Waals surface area contributed by atoms with E-state index in [1.165, 1.54) is 0 Å². The molecule has 0 saturated heterocycles. The van der Waals surface area contributed by atoms with Gasteiger partial charge < -0.3 is 20.2 Å². The van der Waals surface area contributed by atoms with Crippen LogP contribution in [0.25, 0.3) is 0 Å². The molecule has 0 spiro atoms. The third-order valence-electron chi connectivity index (χ3n) is 5.72. The molecule has 1 aromatic rings. The molecular weight excluding hydrogens is 389 g/mol. The summed E-state index contributed by atoms with van der Waals surface area (Å²) >= 11 is 0. The number of nitrogens with one attached hydrogen (secondary N) is 1. The Balaban J connectivity index is 1.67. The summed E-state index contributed by atoms with van der Waals surface area (Å²) in [6.07, 6.45) is 4.49. The van der Waals surface area contributed by atoms with E-state index in [9.17, 15) is 14.0 Å². The lowest BCUT2D eigenvalue weighted by atomic mass is 10.1. The Bertz CT molecular complexity index is 794. The molecule has 0 bridgehead atoms. The summed E-state index contributed by atoms with van der Waals surface area (Å²) in [6.45, 7) is 2.09. The van der Waals surface area contributed by atoms with Crippen molar-refractivity contribution < 1.29 is 23.9 Å². The van der Waals surface area contributed by atoms with Gasteiger partial charge >= 0.3 is 5.97 Å². The largest absolute Gasteiger partial charge is 0.481 e. The minimum Gasteiger partial charge on any atom is -0.481 e. The summed E-state index contributed by atoms with van der Waals surface area (Å²) < 4.78 is 12.6. The normalized spacial score (nSPS) is 18.9. The van der Waals surface area contributed by atoms with Crippen LogP contribution in [0.3, 0.4) is 0 Å². The molecule has 0 aromatic heterocycles. The van der Waals surface area contributed by atoms with Crippen LogP contribution in [-0.2, 0) is 14.4 Å². The highest BCUT2D eigenvalue weighted by molar-refractivity contribution is 6.01. The average molecular weight is 419 g/mol. The molecule has 1 aliphatic carbocycles. The van der Waals surface area contributed by atoms with Crippen molar-refractivity contribution in [3.8, 4) is 0 Å². The van der Waals surface area contributed by atoms with Gasteiger partial charge in [0.05, 0.1) is 6.67 Å². The molecule has 1 heterocycles. The van der Waals surface area contributed by atoms with E-state index in [1.54, 1.807) is 4.90 Å². The first kappa shape index (κ1) is 22.1. The molecule has 3 rings (SSSR count). The first-order valence-corrected chi connectivity index (χ1v) is 10.6. The number of carbonyl (C=O) groups is 2. The van der Waals surface area contributed by atoms with Crippen LogP contribution in [0.1, 0.15) is 63.9 Å². The zero-order valence-electron chi connectivity index (χ0n) is 17.4. The highest BCUT2D eigenvalue weighted by Crippen LogP contribution is 2.49. The number of oxime groups is 1. The number of carboxylic acid groups (broad SMARTS) is 1. The zero-order valence-corrected chi connectivity index (χ0v) is 17.4. The maximum Gasteiger partial charge on any atom is 0.303 e. The Morgan fingerprint density at radius 2 is 2.07 bits per heavy atom. The quantitative estimate of drug-likeness (QED) is 0.503. The molecule has 1 unspecified atom stereocenters. The molecule has 7 nitrogen and oxygen atoms in total. The van der Waals surface area contributed by atoms with E-state index < -0.39 is 12.6 Å². The van der Waals surface area contributed by atoms with Crippen molar-refractivity contribution >= 4 is 23.4 Å². The molecule has 2 aliphatic rings. The average Bonchev–Trinajstić information content (AvgIpc) is 3.28. The monoisotopic (exact) mass is 419 g/mol. The third-order valence-corrected chi connectivity index (χ3v) is 5.72. The van der Waals surface area contributed by atoms with Gasteiger partial charge in [-0.1, -0.05) is 30.6 Å². The smallest absolute Gasteiger partial charge is 0.303 e. The SMILES string of the molecule is CC1(C2NC(c3cccc(N(CCCCCC(=O)O)C(=O)CCCF)c3)=NO2)CC1. The Kier molecular flexibility index (Phi) is 7.29. The van der Waals surface area contributed by atoms with Crippen molar-refractivity contribution in [3.05, 3.63) is 29.8 Å². The molecular formula is C22H30FN3O4. The summed E-state index contributed by atoms with van der Waals surface area (Å²) in [5.74, 6) is -0.305. The Morgan fingerprint density at radius 1 is 1.27 bits per heavy atom. The van der Waals surface area contributed by atoms with Crippen LogP contribution in [0.2, 0.25) is 0 Å². The lowest BCUT2D eigenvalue weighted by Gasteiger charge is -2.23. The molecule has 1 saturated carbocycles.